The van der Waals surface area contributed by atoms with Crippen LogP contribution in [0.4, 0.5) is 0 Å². The van der Waals surface area contributed by atoms with Gasteiger partial charge in [0, 0.05) is 0 Å². The van der Waals surface area contributed by atoms with Crippen LogP contribution in [0.25, 0.3) is 0 Å². The summed E-state index contributed by atoms with van der Waals surface area (Å²) in [6.07, 6.45) is 2.75. The summed E-state index contributed by atoms with van der Waals surface area (Å²) in [5.41, 5.74) is 0.966. The molecule has 1 aliphatic rings. The molecule has 1 aromatic carbocycles. The number of aromatic hydroxyl groups is 1. The molecule has 1 heterocycles. The lowest BCUT2D eigenvalue weighted by molar-refractivity contribution is -0.137. The summed E-state index contributed by atoms with van der Waals surface area (Å²) < 4.78 is 10.1. The molecule has 2 N–H and O–H groups in total. The molecule has 1 saturated heterocycles. The Bertz CT molecular complexity index is 530. The van der Waals surface area contributed by atoms with Crippen molar-refractivity contribution >= 4 is 29.5 Å². The first-order chi connectivity index (χ1) is 11.0. The van der Waals surface area contributed by atoms with Crippen molar-refractivity contribution < 1.29 is 24.5 Å². The highest BCUT2D eigenvalue weighted by molar-refractivity contribution is 8.18. The highest BCUT2D eigenvalue weighted by atomic mass is 32.2. The van der Waals surface area contributed by atoms with Gasteiger partial charge in [-0.1, -0.05) is 0 Å². The lowest BCUT2D eigenvalue weighted by atomic mass is 10.0. The molecule has 0 spiro atoms. The molecule has 0 aromatic heterocycles. The number of carboxylic acid groups (broad SMARTS) is 1. The Hall–Kier alpha value is -1.21. The van der Waals surface area contributed by atoms with E-state index in [9.17, 15) is 15.0 Å². The number of aryl methyl sites for hydroxylation is 1. The van der Waals surface area contributed by atoms with Gasteiger partial charge in [0.2, 0.25) is 5.75 Å². The molecule has 0 unspecified atom stereocenters. The van der Waals surface area contributed by atoms with Crippen molar-refractivity contribution in [2.45, 2.75) is 29.8 Å². The molecule has 128 valence electrons. The molecule has 0 atom stereocenters. The lowest BCUT2D eigenvalue weighted by Crippen LogP contribution is -2.29. The molecule has 1 aliphatic heterocycles. The second-order valence-corrected chi connectivity index (χ2v) is 8.60. The van der Waals surface area contributed by atoms with Crippen LogP contribution >= 0.6 is 23.5 Å². The van der Waals surface area contributed by atoms with Crippen molar-refractivity contribution in [3.8, 4) is 17.2 Å². The van der Waals surface area contributed by atoms with Crippen molar-refractivity contribution in [2.75, 3.05) is 25.7 Å². The lowest BCUT2D eigenvalue weighted by Gasteiger charge is -2.35. The minimum atomic E-state index is -0.757. The van der Waals surface area contributed by atoms with Crippen molar-refractivity contribution in [1.29, 1.82) is 0 Å². The summed E-state index contributed by atoms with van der Waals surface area (Å²) in [6, 6.07) is 3.56. The Morgan fingerprint density at radius 1 is 1.22 bits per heavy atom. The van der Waals surface area contributed by atoms with Crippen LogP contribution < -0.4 is 9.47 Å². The van der Waals surface area contributed by atoms with Crippen LogP contribution in [-0.2, 0) is 11.2 Å². The molecule has 0 amide bonds. The number of carbonyl (C=O) groups is 1. The van der Waals surface area contributed by atoms with Gasteiger partial charge in [-0.25, -0.2) is 0 Å². The van der Waals surface area contributed by atoms with Gasteiger partial charge in [-0.15, -0.1) is 23.5 Å². The third-order valence-electron chi connectivity index (χ3n) is 3.77. The molecule has 1 fully saturated rings. The van der Waals surface area contributed by atoms with Gasteiger partial charge in [0.1, 0.15) is 0 Å². The normalized spacial score (nSPS) is 16.8. The molecule has 0 aliphatic carbocycles. The molecule has 5 nitrogen and oxygen atoms in total. The predicted molar refractivity (Wildman–Crippen MR) is 94.0 cm³/mol. The van der Waals surface area contributed by atoms with Gasteiger partial charge in [-0.3, -0.25) is 4.79 Å². The maximum Gasteiger partial charge on any atom is 0.305 e. The highest BCUT2D eigenvalue weighted by Gasteiger charge is 2.35. The summed E-state index contributed by atoms with van der Waals surface area (Å²) in [5.74, 6) is 1.98. The maximum atomic E-state index is 11.2. The number of rotatable bonds is 7. The van der Waals surface area contributed by atoms with Crippen molar-refractivity contribution in [1.82, 2.24) is 0 Å². The Labute approximate surface area is 144 Å². The van der Waals surface area contributed by atoms with E-state index in [1.165, 1.54) is 14.2 Å². The van der Waals surface area contributed by atoms with E-state index < -0.39 is 5.97 Å². The number of carboxylic acids is 1. The Balaban J connectivity index is 2.15. The van der Waals surface area contributed by atoms with E-state index in [4.69, 9.17) is 9.47 Å². The number of hydrogen-bond acceptors (Lipinski definition) is 6. The van der Waals surface area contributed by atoms with E-state index in [0.29, 0.717) is 17.9 Å². The standard InChI is InChI=1S/C16H22O5S2/c1-20-12-8-11(9-13(21-2)15(12)19)4-5-16(10-14(17)18)22-6-3-7-23-16/h8-9,19H,3-7,10H2,1-2H3,(H,17,18). The predicted octanol–water partition coefficient (Wildman–Crippen LogP) is 3.38. The number of hydrogen-bond donors (Lipinski definition) is 2. The molecule has 0 radical (unpaired) electrons. The summed E-state index contributed by atoms with van der Waals surface area (Å²) >= 11 is 3.50. The summed E-state index contributed by atoms with van der Waals surface area (Å²) in [5, 5.41) is 19.2. The topological polar surface area (TPSA) is 76.0 Å². The largest absolute Gasteiger partial charge is 0.502 e. The zero-order chi connectivity index (χ0) is 16.9. The molecule has 0 bridgehead atoms. The molecule has 0 saturated carbocycles. The summed E-state index contributed by atoms with van der Waals surface area (Å²) in [6.45, 7) is 0. The number of phenolic OH excluding ortho intramolecular Hbond substituents is 1. The first-order valence-electron chi connectivity index (χ1n) is 7.43. The molecule has 7 heteroatoms. The minimum absolute atomic E-state index is 0.0135. The molecule has 1 aromatic rings. The zero-order valence-corrected chi connectivity index (χ0v) is 15.0. The van der Waals surface area contributed by atoms with Gasteiger partial charge in [-0.05, 0) is 48.5 Å². The van der Waals surface area contributed by atoms with Gasteiger partial charge >= 0.3 is 5.97 Å². The summed E-state index contributed by atoms with van der Waals surface area (Å²) in [4.78, 5) is 11.2. The minimum Gasteiger partial charge on any atom is -0.502 e. The van der Waals surface area contributed by atoms with Crippen LogP contribution in [-0.4, -0.2) is 46.0 Å². The number of thioether (sulfide) groups is 2. The highest BCUT2D eigenvalue weighted by Crippen LogP contribution is 2.48. The molecule has 23 heavy (non-hydrogen) atoms. The van der Waals surface area contributed by atoms with Gasteiger partial charge in [0.15, 0.2) is 11.5 Å². The van der Waals surface area contributed by atoms with Crippen LogP contribution in [0.15, 0.2) is 12.1 Å². The first-order valence-corrected chi connectivity index (χ1v) is 9.40. The second-order valence-electron chi connectivity index (χ2n) is 5.38. The number of phenols is 1. The van der Waals surface area contributed by atoms with Crippen molar-refractivity contribution in [3.63, 3.8) is 0 Å². The fourth-order valence-corrected chi connectivity index (χ4v) is 5.89. The van der Waals surface area contributed by atoms with Crippen molar-refractivity contribution in [3.05, 3.63) is 17.7 Å². The van der Waals surface area contributed by atoms with E-state index >= 15 is 0 Å². The van der Waals surface area contributed by atoms with Gasteiger partial charge in [0.25, 0.3) is 0 Å². The van der Waals surface area contributed by atoms with Gasteiger partial charge in [0.05, 0.1) is 24.7 Å². The van der Waals surface area contributed by atoms with E-state index in [2.05, 4.69) is 0 Å². The Morgan fingerprint density at radius 2 is 1.78 bits per heavy atom. The fraction of sp³-hybridized carbons (Fsp3) is 0.562. The van der Waals surface area contributed by atoms with Crippen LogP contribution in [0.3, 0.4) is 0 Å². The zero-order valence-electron chi connectivity index (χ0n) is 13.3. The van der Waals surface area contributed by atoms with E-state index in [0.717, 1.165) is 29.9 Å². The molecular weight excluding hydrogens is 336 g/mol. The average molecular weight is 358 g/mol. The van der Waals surface area contributed by atoms with Gasteiger partial charge in [-0.2, -0.15) is 0 Å². The third-order valence-corrected chi connectivity index (χ3v) is 7.22. The number of aliphatic carboxylic acids is 1. The SMILES string of the molecule is COc1cc(CCC2(CC(=O)O)SCCCS2)cc(OC)c1O. The van der Waals surface area contributed by atoms with Crippen LogP contribution in [0.1, 0.15) is 24.8 Å². The Morgan fingerprint density at radius 3 is 2.26 bits per heavy atom. The maximum absolute atomic E-state index is 11.2. The van der Waals surface area contributed by atoms with Crippen LogP contribution in [0, 0.1) is 0 Å². The number of benzene rings is 1. The summed E-state index contributed by atoms with van der Waals surface area (Å²) in [7, 11) is 2.99. The van der Waals surface area contributed by atoms with E-state index in [1.807, 2.05) is 0 Å². The molecule has 2 rings (SSSR count). The number of ether oxygens (including phenoxy) is 2. The fourth-order valence-electron chi connectivity index (χ4n) is 2.61. The third kappa shape index (κ3) is 4.64. The van der Waals surface area contributed by atoms with Crippen molar-refractivity contribution in [2.24, 2.45) is 0 Å². The van der Waals surface area contributed by atoms with Gasteiger partial charge < -0.3 is 19.7 Å². The van der Waals surface area contributed by atoms with E-state index in [-0.39, 0.29) is 16.2 Å². The first kappa shape index (κ1) is 18.1. The Kier molecular flexibility index (Phi) is 6.35. The van der Waals surface area contributed by atoms with Crippen LogP contribution in [0.2, 0.25) is 0 Å². The average Bonchev–Trinajstić information content (AvgIpc) is 2.54. The van der Waals surface area contributed by atoms with E-state index in [1.54, 1.807) is 35.7 Å². The smallest absolute Gasteiger partial charge is 0.305 e. The second kappa shape index (κ2) is 8.06. The van der Waals surface area contributed by atoms with Crippen LogP contribution in [0.5, 0.6) is 17.2 Å². The quantitative estimate of drug-likeness (QED) is 0.774. The monoisotopic (exact) mass is 358 g/mol. The molecular formula is C16H22O5S2. The number of methoxy groups -OCH3 is 2.